The Labute approximate surface area is 306 Å². The van der Waals surface area contributed by atoms with Crippen molar-refractivity contribution in [3.8, 4) is 11.8 Å². The summed E-state index contributed by atoms with van der Waals surface area (Å²) in [5.41, 5.74) is 2.60. The van der Waals surface area contributed by atoms with E-state index >= 15 is 8.78 Å². The molecule has 1 aliphatic carbocycles. The second kappa shape index (κ2) is 15.8. The molecule has 3 aromatic rings. The number of hydrogen-bond donors (Lipinski definition) is 3. The van der Waals surface area contributed by atoms with E-state index in [2.05, 4.69) is 39.9 Å². The first-order valence-corrected chi connectivity index (χ1v) is 18.7. The first-order chi connectivity index (χ1) is 24.8. The molecule has 10 heteroatoms. The van der Waals surface area contributed by atoms with Crippen LogP contribution in [-0.2, 0) is 9.47 Å². The van der Waals surface area contributed by atoms with E-state index in [4.69, 9.17) is 9.47 Å². The van der Waals surface area contributed by atoms with Crippen molar-refractivity contribution in [1.82, 2.24) is 15.5 Å². The maximum absolute atomic E-state index is 15.0. The summed E-state index contributed by atoms with van der Waals surface area (Å²) in [6.07, 6.45) is 6.34. The molecule has 0 aromatic heterocycles. The van der Waals surface area contributed by atoms with Gasteiger partial charge in [0.2, 0.25) is 0 Å². The minimum atomic E-state index is -3.18. The van der Waals surface area contributed by atoms with Gasteiger partial charge in [0, 0.05) is 22.7 Å². The molecule has 2 amide bonds. The van der Waals surface area contributed by atoms with E-state index in [1.165, 1.54) is 0 Å². The molecule has 0 unspecified atom stereocenters. The molecule has 2 saturated heterocycles. The number of benzene rings is 3. The van der Waals surface area contributed by atoms with Crippen LogP contribution in [0.2, 0.25) is 0 Å². The Morgan fingerprint density at radius 1 is 0.962 bits per heavy atom. The zero-order valence-corrected chi connectivity index (χ0v) is 31.0. The summed E-state index contributed by atoms with van der Waals surface area (Å²) in [7, 11) is 0. The Balaban J connectivity index is 1.10. The van der Waals surface area contributed by atoms with Crippen molar-refractivity contribution < 1.29 is 27.8 Å². The van der Waals surface area contributed by atoms with Gasteiger partial charge in [0.15, 0.2) is 0 Å². The van der Waals surface area contributed by atoms with Gasteiger partial charge >= 0.3 is 6.09 Å². The number of hydrogen-bond acceptors (Lipinski definition) is 6. The van der Waals surface area contributed by atoms with Crippen molar-refractivity contribution >= 4 is 28.5 Å². The first kappa shape index (κ1) is 37.6. The summed E-state index contributed by atoms with van der Waals surface area (Å²) < 4.78 is 41.7. The van der Waals surface area contributed by atoms with Crippen molar-refractivity contribution in [2.45, 2.75) is 109 Å². The summed E-state index contributed by atoms with van der Waals surface area (Å²) >= 11 is 0. The normalized spacial score (nSPS) is 22.7. The second-order valence-corrected chi connectivity index (χ2v) is 15.6. The number of anilines is 1. The molecular weight excluding hydrogens is 662 g/mol. The van der Waals surface area contributed by atoms with Crippen LogP contribution < -0.4 is 16.0 Å². The highest BCUT2D eigenvalue weighted by atomic mass is 19.3. The lowest BCUT2D eigenvalue weighted by Crippen LogP contribution is -2.38. The molecular formula is C42H52F2N4O4. The van der Waals surface area contributed by atoms with Crippen LogP contribution >= 0.6 is 0 Å². The highest BCUT2D eigenvalue weighted by Crippen LogP contribution is 2.33. The van der Waals surface area contributed by atoms with E-state index in [0.717, 1.165) is 78.4 Å². The fraction of sp³-hybridized carbons (Fsp3) is 0.524. The maximum Gasteiger partial charge on any atom is 0.410 e. The number of likely N-dealkylation sites (tertiary alicyclic amines) is 1. The first-order valence-electron chi connectivity index (χ1n) is 18.7. The second-order valence-electron chi connectivity index (χ2n) is 15.6. The molecule has 52 heavy (non-hydrogen) atoms. The average molecular weight is 715 g/mol. The summed E-state index contributed by atoms with van der Waals surface area (Å²) in [4.78, 5) is 27.2. The smallest absolute Gasteiger partial charge is 0.410 e. The molecule has 3 aromatic carbocycles. The fourth-order valence-electron chi connectivity index (χ4n) is 7.45. The number of rotatable bonds is 7. The highest BCUT2D eigenvalue weighted by molar-refractivity contribution is 5.97. The van der Waals surface area contributed by atoms with Crippen LogP contribution in [0.5, 0.6) is 0 Å². The topological polar surface area (TPSA) is 91.9 Å². The quantitative estimate of drug-likeness (QED) is 0.215. The standard InChI is InChI=1S/C42H52F2N4O4/c1-27-10-16-31(47-38-25-48(26-42(38,43)44)40(50)52-41(3,4)5)24-37(27)39(49)46-28(2)34-19-15-30(35-8-6-7-9-36(34)35)14-11-29-12-17-32(18-13-29)51-33-20-22-45-23-21-33/h6-10,15-16,19,24,28-29,32-33,38,45,47H,12-13,17-18,20-23,25-26H2,1-5H3,(H,46,49)/t28-,29?,32?,38+/m1/s1. The van der Waals surface area contributed by atoms with E-state index in [1.807, 2.05) is 38.1 Å². The predicted octanol–water partition coefficient (Wildman–Crippen LogP) is 7.98. The van der Waals surface area contributed by atoms with Gasteiger partial charge in [0.05, 0.1) is 31.3 Å². The number of nitrogens with zero attached hydrogens (tertiary/aromatic N) is 1. The Morgan fingerprint density at radius 3 is 2.37 bits per heavy atom. The Morgan fingerprint density at radius 2 is 1.65 bits per heavy atom. The molecule has 1 saturated carbocycles. The number of carbonyl (C=O) groups is 2. The number of carbonyl (C=O) groups excluding carboxylic acids is 2. The third-order valence-electron chi connectivity index (χ3n) is 10.3. The Kier molecular flexibility index (Phi) is 11.4. The van der Waals surface area contributed by atoms with Gasteiger partial charge < -0.3 is 25.4 Å². The number of halogens is 2. The number of amides is 2. The zero-order valence-electron chi connectivity index (χ0n) is 31.0. The Bertz CT molecular complexity index is 1820. The van der Waals surface area contributed by atoms with Crippen LogP contribution in [0.15, 0.2) is 54.6 Å². The van der Waals surface area contributed by atoms with Gasteiger partial charge in [0.25, 0.3) is 11.8 Å². The highest BCUT2D eigenvalue weighted by Gasteiger charge is 2.50. The van der Waals surface area contributed by atoms with Crippen LogP contribution in [-0.4, -0.2) is 72.9 Å². The zero-order chi connectivity index (χ0) is 37.0. The number of ether oxygens (including phenoxy) is 2. The fourth-order valence-corrected chi connectivity index (χ4v) is 7.45. The lowest BCUT2D eigenvalue weighted by molar-refractivity contribution is -0.0452. The van der Waals surface area contributed by atoms with Gasteiger partial charge in [0.1, 0.15) is 11.6 Å². The van der Waals surface area contributed by atoms with E-state index in [1.54, 1.807) is 39.0 Å². The van der Waals surface area contributed by atoms with E-state index < -0.39 is 30.2 Å². The molecule has 0 spiro atoms. The maximum atomic E-state index is 15.0. The molecule has 6 rings (SSSR count). The van der Waals surface area contributed by atoms with Gasteiger partial charge in [-0.25, -0.2) is 13.6 Å². The SMILES string of the molecule is Cc1ccc(N[C@H]2CN(C(=O)OC(C)(C)C)CC2(F)F)cc1C(=O)N[C@H](C)c1ccc(C#CC2CCC(OC3CCNCC3)CC2)c2ccccc12. The van der Waals surface area contributed by atoms with Gasteiger partial charge in [-0.05, 0) is 126 Å². The molecule has 2 heterocycles. The van der Waals surface area contributed by atoms with Gasteiger partial charge in [-0.3, -0.25) is 9.69 Å². The van der Waals surface area contributed by atoms with Crippen molar-refractivity contribution in [3.05, 3.63) is 76.9 Å². The summed E-state index contributed by atoms with van der Waals surface area (Å²) in [6.45, 7) is 9.95. The van der Waals surface area contributed by atoms with Crippen molar-refractivity contribution in [2.75, 3.05) is 31.5 Å². The number of aryl methyl sites for hydroxylation is 1. The molecule has 3 N–H and O–H groups in total. The molecule has 2 atom stereocenters. The van der Waals surface area contributed by atoms with E-state index in [0.29, 0.717) is 34.9 Å². The third kappa shape index (κ3) is 9.23. The largest absolute Gasteiger partial charge is 0.444 e. The van der Waals surface area contributed by atoms with Crippen molar-refractivity contribution in [3.63, 3.8) is 0 Å². The summed E-state index contributed by atoms with van der Waals surface area (Å²) in [5, 5.41) is 11.5. The van der Waals surface area contributed by atoms with Gasteiger partial charge in [-0.2, -0.15) is 0 Å². The monoisotopic (exact) mass is 714 g/mol. The lowest BCUT2D eigenvalue weighted by Gasteiger charge is -2.31. The van der Waals surface area contributed by atoms with Crippen LogP contribution in [0.1, 0.15) is 99.3 Å². The molecule has 3 fully saturated rings. The number of fused-ring (bicyclic) bond motifs is 1. The van der Waals surface area contributed by atoms with E-state index in [-0.39, 0.29) is 18.5 Å². The van der Waals surface area contributed by atoms with Gasteiger partial charge in [-0.15, -0.1) is 0 Å². The van der Waals surface area contributed by atoms with Crippen molar-refractivity contribution in [1.29, 1.82) is 0 Å². The molecule has 0 radical (unpaired) electrons. The van der Waals surface area contributed by atoms with Crippen LogP contribution in [0.4, 0.5) is 19.3 Å². The molecule has 8 nitrogen and oxygen atoms in total. The van der Waals surface area contributed by atoms with E-state index in [9.17, 15) is 9.59 Å². The minimum absolute atomic E-state index is 0.226. The van der Waals surface area contributed by atoms with Crippen molar-refractivity contribution in [2.24, 2.45) is 5.92 Å². The molecule has 0 bridgehead atoms. The Hall–Kier alpha value is -4.20. The van der Waals surface area contributed by atoms with Crippen LogP contribution in [0.25, 0.3) is 10.8 Å². The van der Waals surface area contributed by atoms with Crippen LogP contribution in [0.3, 0.4) is 0 Å². The summed E-state index contributed by atoms with van der Waals surface area (Å²) in [6, 6.07) is 15.5. The third-order valence-corrected chi connectivity index (χ3v) is 10.3. The predicted molar refractivity (Wildman–Crippen MR) is 201 cm³/mol. The average Bonchev–Trinajstić information content (AvgIpc) is 3.41. The number of alkyl halides is 2. The van der Waals surface area contributed by atoms with Crippen LogP contribution in [0, 0.1) is 24.7 Å². The summed E-state index contributed by atoms with van der Waals surface area (Å²) in [5.74, 6) is 3.89. The minimum Gasteiger partial charge on any atom is -0.444 e. The molecule has 2 aliphatic heterocycles. The van der Waals surface area contributed by atoms with Gasteiger partial charge in [-0.1, -0.05) is 48.2 Å². The number of nitrogens with one attached hydrogen (secondary N) is 3. The molecule has 3 aliphatic rings. The molecule has 278 valence electrons. The number of piperidine rings is 1. The lowest BCUT2D eigenvalue weighted by atomic mass is 9.87.